The van der Waals surface area contributed by atoms with Gasteiger partial charge < -0.3 is 10.6 Å². The highest BCUT2D eigenvalue weighted by atomic mass is 16.2. The van der Waals surface area contributed by atoms with Crippen LogP contribution in [0.15, 0.2) is 24.3 Å². The van der Waals surface area contributed by atoms with Crippen LogP contribution >= 0.6 is 0 Å². The zero-order valence-corrected chi connectivity index (χ0v) is 12.3. The van der Waals surface area contributed by atoms with Crippen molar-refractivity contribution in [1.29, 1.82) is 5.26 Å². The van der Waals surface area contributed by atoms with E-state index in [0.717, 1.165) is 18.4 Å². The summed E-state index contributed by atoms with van der Waals surface area (Å²) in [6, 6.07) is 9.47. The fourth-order valence-corrected chi connectivity index (χ4v) is 2.09. The molecular formula is C16H23N3O. The van der Waals surface area contributed by atoms with Crippen molar-refractivity contribution >= 4 is 5.91 Å². The number of nitrogens with two attached hydrogens (primary N) is 1. The van der Waals surface area contributed by atoms with Crippen molar-refractivity contribution in [1.82, 2.24) is 4.90 Å². The highest BCUT2D eigenvalue weighted by molar-refractivity contribution is 5.75. The van der Waals surface area contributed by atoms with Crippen LogP contribution in [0.5, 0.6) is 0 Å². The smallest absolute Gasteiger partial charge is 0.222 e. The average molecular weight is 273 g/mol. The van der Waals surface area contributed by atoms with E-state index < -0.39 is 0 Å². The van der Waals surface area contributed by atoms with Crippen LogP contribution < -0.4 is 5.73 Å². The van der Waals surface area contributed by atoms with E-state index in [9.17, 15) is 4.79 Å². The number of hydrogen-bond acceptors (Lipinski definition) is 3. The zero-order valence-electron chi connectivity index (χ0n) is 12.3. The van der Waals surface area contributed by atoms with Gasteiger partial charge in [-0.15, -0.1) is 0 Å². The molecule has 1 amide bonds. The van der Waals surface area contributed by atoms with E-state index in [2.05, 4.69) is 13.0 Å². The Hall–Kier alpha value is -1.86. The lowest BCUT2D eigenvalue weighted by Crippen LogP contribution is -2.26. The number of amides is 1. The van der Waals surface area contributed by atoms with Gasteiger partial charge in [-0.2, -0.15) is 5.26 Å². The molecule has 0 aliphatic rings. The van der Waals surface area contributed by atoms with Gasteiger partial charge >= 0.3 is 0 Å². The second-order valence-corrected chi connectivity index (χ2v) is 5.28. The molecule has 1 aromatic rings. The monoisotopic (exact) mass is 273 g/mol. The maximum Gasteiger partial charge on any atom is 0.222 e. The summed E-state index contributed by atoms with van der Waals surface area (Å²) in [5, 5.41) is 8.86. The van der Waals surface area contributed by atoms with Crippen LogP contribution in [0.4, 0.5) is 0 Å². The van der Waals surface area contributed by atoms with E-state index in [1.807, 2.05) is 18.2 Å². The molecule has 0 saturated carbocycles. The molecule has 20 heavy (non-hydrogen) atoms. The standard InChI is InChI=1S/C16H23N3O/c1-13(8-9-17)6-7-16(20)19(2)12-15-5-3-4-14(10-15)11-18/h3-5,10,13H,6-9,12,17H2,1-2H3. The molecular weight excluding hydrogens is 250 g/mol. The topological polar surface area (TPSA) is 70.1 Å². The van der Waals surface area contributed by atoms with Crippen molar-refractivity contribution in [2.45, 2.75) is 32.7 Å². The zero-order chi connectivity index (χ0) is 15.0. The molecule has 1 unspecified atom stereocenters. The lowest BCUT2D eigenvalue weighted by Gasteiger charge is -2.18. The Labute approximate surface area is 121 Å². The number of nitriles is 1. The van der Waals surface area contributed by atoms with Crippen LogP contribution in [0.25, 0.3) is 0 Å². The van der Waals surface area contributed by atoms with Crippen molar-refractivity contribution in [3.05, 3.63) is 35.4 Å². The lowest BCUT2D eigenvalue weighted by molar-refractivity contribution is -0.130. The third kappa shape index (κ3) is 5.41. The summed E-state index contributed by atoms with van der Waals surface area (Å²) in [6.45, 7) is 3.34. The first kappa shape index (κ1) is 16.2. The van der Waals surface area contributed by atoms with Crippen LogP contribution in [0, 0.1) is 17.2 Å². The van der Waals surface area contributed by atoms with Gasteiger partial charge in [0, 0.05) is 20.0 Å². The van der Waals surface area contributed by atoms with Crippen molar-refractivity contribution in [2.24, 2.45) is 11.7 Å². The summed E-state index contributed by atoms with van der Waals surface area (Å²) in [5.41, 5.74) is 7.11. The second kappa shape index (κ2) is 8.34. The van der Waals surface area contributed by atoms with Gasteiger partial charge in [0.2, 0.25) is 5.91 Å². The molecule has 4 heteroatoms. The molecule has 0 radical (unpaired) electrons. The highest BCUT2D eigenvalue weighted by Crippen LogP contribution is 2.12. The Bertz CT molecular complexity index is 479. The number of benzene rings is 1. The predicted octanol–water partition coefficient (Wildman–Crippen LogP) is 2.28. The van der Waals surface area contributed by atoms with Crippen LogP contribution in [0.3, 0.4) is 0 Å². The van der Waals surface area contributed by atoms with Gasteiger partial charge in [0.1, 0.15) is 0 Å². The third-order valence-electron chi connectivity index (χ3n) is 3.41. The molecule has 108 valence electrons. The average Bonchev–Trinajstić information content (AvgIpc) is 2.45. The number of hydrogen-bond donors (Lipinski definition) is 1. The highest BCUT2D eigenvalue weighted by Gasteiger charge is 2.11. The van der Waals surface area contributed by atoms with E-state index >= 15 is 0 Å². The molecule has 0 aliphatic heterocycles. The van der Waals surface area contributed by atoms with E-state index in [-0.39, 0.29) is 5.91 Å². The maximum absolute atomic E-state index is 12.0. The van der Waals surface area contributed by atoms with E-state index in [4.69, 9.17) is 11.0 Å². The summed E-state index contributed by atoms with van der Waals surface area (Å²) in [6.07, 6.45) is 2.38. The molecule has 1 atom stereocenters. The Morgan fingerprint density at radius 1 is 1.45 bits per heavy atom. The van der Waals surface area contributed by atoms with Crippen LogP contribution in [0.2, 0.25) is 0 Å². The first-order chi connectivity index (χ1) is 9.56. The van der Waals surface area contributed by atoms with Gasteiger partial charge in [-0.05, 0) is 43.0 Å². The fraction of sp³-hybridized carbons (Fsp3) is 0.500. The number of nitrogens with zero attached hydrogens (tertiary/aromatic N) is 2. The van der Waals surface area contributed by atoms with Gasteiger partial charge in [-0.1, -0.05) is 19.1 Å². The molecule has 1 aromatic carbocycles. The molecule has 0 aliphatic carbocycles. The fourth-order valence-electron chi connectivity index (χ4n) is 2.09. The first-order valence-corrected chi connectivity index (χ1v) is 7.00. The molecule has 2 N–H and O–H groups in total. The molecule has 0 spiro atoms. The maximum atomic E-state index is 12.0. The molecule has 0 aromatic heterocycles. The largest absolute Gasteiger partial charge is 0.341 e. The van der Waals surface area contributed by atoms with Crippen molar-refractivity contribution in [2.75, 3.05) is 13.6 Å². The molecule has 1 rings (SSSR count). The van der Waals surface area contributed by atoms with Crippen molar-refractivity contribution in [3.63, 3.8) is 0 Å². The number of rotatable bonds is 7. The predicted molar refractivity (Wildman–Crippen MR) is 79.7 cm³/mol. The van der Waals surface area contributed by atoms with Crippen LogP contribution in [0.1, 0.15) is 37.3 Å². The Kier molecular flexibility index (Phi) is 6.75. The second-order valence-electron chi connectivity index (χ2n) is 5.28. The van der Waals surface area contributed by atoms with E-state index in [1.165, 1.54) is 0 Å². The minimum absolute atomic E-state index is 0.135. The Balaban J connectivity index is 2.47. The van der Waals surface area contributed by atoms with E-state index in [0.29, 0.717) is 31.0 Å². The molecule has 4 nitrogen and oxygen atoms in total. The summed E-state index contributed by atoms with van der Waals surface area (Å²) >= 11 is 0. The van der Waals surface area contributed by atoms with Crippen LogP contribution in [-0.2, 0) is 11.3 Å². The molecule has 0 saturated heterocycles. The summed E-state index contributed by atoms with van der Waals surface area (Å²) in [7, 11) is 1.80. The first-order valence-electron chi connectivity index (χ1n) is 7.00. The van der Waals surface area contributed by atoms with Crippen LogP contribution in [-0.4, -0.2) is 24.4 Å². The Morgan fingerprint density at radius 3 is 2.85 bits per heavy atom. The summed E-state index contributed by atoms with van der Waals surface area (Å²) in [4.78, 5) is 13.8. The normalized spacial score (nSPS) is 11.7. The third-order valence-corrected chi connectivity index (χ3v) is 3.41. The number of carbonyl (C=O) groups is 1. The van der Waals surface area contributed by atoms with Gasteiger partial charge in [0.25, 0.3) is 0 Å². The Morgan fingerprint density at radius 2 is 2.20 bits per heavy atom. The molecule has 0 fully saturated rings. The van der Waals surface area contributed by atoms with Crippen molar-refractivity contribution < 1.29 is 4.79 Å². The number of carbonyl (C=O) groups excluding carboxylic acids is 1. The van der Waals surface area contributed by atoms with E-state index in [1.54, 1.807) is 18.0 Å². The van der Waals surface area contributed by atoms with Gasteiger partial charge in [0.15, 0.2) is 0 Å². The quantitative estimate of drug-likeness (QED) is 0.828. The SMILES string of the molecule is CC(CCN)CCC(=O)N(C)Cc1cccc(C#N)c1. The van der Waals surface area contributed by atoms with Gasteiger partial charge in [0.05, 0.1) is 11.6 Å². The lowest BCUT2D eigenvalue weighted by atomic mass is 10.0. The van der Waals surface area contributed by atoms with Crippen molar-refractivity contribution in [3.8, 4) is 6.07 Å². The van der Waals surface area contributed by atoms with Gasteiger partial charge in [-0.3, -0.25) is 4.79 Å². The minimum atomic E-state index is 0.135. The van der Waals surface area contributed by atoms with Gasteiger partial charge in [-0.25, -0.2) is 0 Å². The summed E-state index contributed by atoms with van der Waals surface area (Å²) < 4.78 is 0. The molecule has 0 heterocycles. The molecule has 0 bridgehead atoms. The minimum Gasteiger partial charge on any atom is -0.341 e. The summed E-state index contributed by atoms with van der Waals surface area (Å²) in [5.74, 6) is 0.621.